The van der Waals surface area contributed by atoms with Crippen LogP contribution < -0.4 is 0 Å². The summed E-state index contributed by atoms with van der Waals surface area (Å²) in [6.07, 6.45) is 0. The molecule has 580 valence electrons. The van der Waals surface area contributed by atoms with Gasteiger partial charge in [-0.2, -0.15) is 0 Å². The van der Waals surface area contributed by atoms with Crippen LogP contribution in [0, 0.1) is 0 Å². The average molecular weight is 1580 g/mol. The van der Waals surface area contributed by atoms with Gasteiger partial charge in [0.25, 0.3) is 0 Å². The molecule has 0 fully saturated rings. The van der Waals surface area contributed by atoms with Gasteiger partial charge < -0.3 is 18.3 Å². The Labute approximate surface area is 717 Å². The second kappa shape index (κ2) is 31.0. The monoisotopic (exact) mass is 1580 g/mol. The van der Waals surface area contributed by atoms with Gasteiger partial charge in [-0.15, -0.1) is 0 Å². The lowest BCUT2D eigenvalue weighted by molar-refractivity contribution is 1.17. The first-order chi connectivity index (χ1) is 61.5. The smallest absolute Gasteiger partial charge is 0.160 e. The summed E-state index contributed by atoms with van der Waals surface area (Å²) in [7, 11) is 0. The van der Waals surface area contributed by atoms with Crippen LogP contribution in [-0.2, 0) is 0 Å². The zero-order valence-electron chi connectivity index (χ0n) is 67.6. The summed E-state index contributed by atoms with van der Waals surface area (Å²) in [5.41, 5.74) is 34.8. The molecule has 124 heavy (non-hydrogen) atoms. The fourth-order valence-electron chi connectivity index (χ4n) is 18.7. The molecule has 18 aromatic carbocycles. The number of pyridine rings is 1. The van der Waals surface area contributed by atoms with Gasteiger partial charge in [0, 0.05) is 105 Å². The largest absolute Gasteiger partial charge is 0.309 e. The zero-order valence-corrected chi connectivity index (χ0v) is 67.6. The Kier molecular flexibility index (Phi) is 18.1. The van der Waals surface area contributed by atoms with Crippen LogP contribution in [0.1, 0.15) is 0 Å². The third-order valence-corrected chi connectivity index (χ3v) is 24.5. The molecule has 0 radical (unpaired) electrons. The number of hydrogen-bond acceptors (Lipinski definition) is 3. The standard InChI is InChI=1S/C59H39N3.C58H38N4/c1-4-17-40(18-5-1)45-38-53(42-19-6-2-7-20-42)60-54(39-45)43-33-31-41(32-34-43)44-35-36-58-52(37-44)49-25-12-15-30-57(49)62(58)56-29-14-11-24-48(56)51-27-16-26-50-47-23-10-13-28-55(47)61(59(50)51)46-21-8-3-9-22-46;1-4-17-40(18-5-1)51-38-52(60-58(59-51)42-19-6-2-7-20-42)41-33-31-39(32-34-41)43-35-36-56-50(37-43)47-25-12-15-30-55(47)62(56)54-29-14-11-24-46(54)49-27-16-26-48-45-23-10-13-28-53(45)61(57(48)49)44-21-8-3-9-22-44/h1-39H;1-38H. The molecule has 0 aliphatic carbocycles. The highest BCUT2D eigenvalue weighted by Crippen LogP contribution is 2.47. The Hall–Kier alpha value is -16.6. The van der Waals surface area contributed by atoms with E-state index in [0.717, 1.165) is 101 Å². The molecule has 24 aromatic rings. The zero-order chi connectivity index (χ0) is 82.0. The van der Waals surface area contributed by atoms with E-state index in [1.165, 1.54) is 115 Å². The molecule has 0 atom stereocenters. The van der Waals surface area contributed by atoms with E-state index < -0.39 is 0 Å². The van der Waals surface area contributed by atoms with Crippen molar-refractivity contribution in [2.75, 3.05) is 0 Å². The lowest BCUT2D eigenvalue weighted by Crippen LogP contribution is -1.99. The van der Waals surface area contributed by atoms with Crippen LogP contribution in [0.5, 0.6) is 0 Å². The van der Waals surface area contributed by atoms with Crippen LogP contribution in [-0.4, -0.2) is 33.2 Å². The van der Waals surface area contributed by atoms with Gasteiger partial charge in [0.15, 0.2) is 5.82 Å². The Balaban J connectivity index is 0.000000143. The highest BCUT2D eigenvalue weighted by molar-refractivity contribution is 6.18. The Morgan fingerprint density at radius 1 is 0.145 bits per heavy atom. The topological polar surface area (TPSA) is 58.4 Å². The third kappa shape index (κ3) is 12.8. The van der Waals surface area contributed by atoms with Crippen molar-refractivity contribution in [1.29, 1.82) is 0 Å². The van der Waals surface area contributed by atoms with Crippen LogP contribution in [0.4, 0.5) is 0 Å². The van der Waals surface area contributed by atoms with E-state index in [0.29, 0.717) is 5.82 Å². The van der Waals surface area contributed by atoms with Crippen molar-refractivity contribution in [1.82, 2.24) is 33.2 Å². The predicted molar refractivity (Wildman–Crippen MR) is 518 cm³/mol. The van der Waals surface area contributed by atoms with Gasteiger partial charge in [-0.25, -0.2) is 15.0 Å². The number of rotatable bonds is 14. The maximum absolute atomic E-state index is 5.18. The first-order valence-corrected chi connectivity index (χ1v) is 42.3. The maximum atomic E-state index is 5.18. The van der Waals surface area contributed by atoms with Gasteiger partial charge in [0.1, 0.15) is 0 Å². The normalized spacial score (nSPS) is 11.5. The minimum Gasteiger partial charge on any atom is -0.309 e. The van der Waals surface area contributed by atoms with E-state index in [2.05, 4.69) is 455 Å². The van der Waals surface area contributed by atoms with Crippen LogP contribution in [0.15, 0.2) is 467 Å². The van der Waals surface area contributed by atoms with Crippen molar-refractivity contribution < 1.29 is 0 Å². The number of benzene rings is 18. The van der Waals surface area contributed by atoms with E-state index in [-0.39, 0.29) is 0 Å². The van der Waals surface area contributed by atoms with Gasteiger partial charge in [-0.3, -0.25) is 0 Å². The molecule has 0 bridgehead atoms. The van der Waals surface area contributed by atoms with Crippen LogP contribution in [0.25, 0.3) is 222 Å². The highest BCUT2D eigenvalue weighted by atomic mass is 15.0. The minimum atomic E-state index is 0.713. The second-order valence-corrected chi connectivity index (χ2v) is 31.7. The number of aromatic nitrogens is 7. The van der Waals surface area contributed by atoms with Gasteiger partial charge in [0.05, 0.1) is 78.3 Å². The summed E-state index contributed by atoms with van der Waals surface area (Å²) in [5.74, 6) is 0.713. The molecule has 0 amide bonds. The van der Waals surface area contributed by atoms with E-state index in [1.54, 1.807) is 0 Å². The second-order valence-electron chi connectivity index (χ2n) is 31.7. The molecule has 6 heterocycles. The van der Waals surface area contributed by atoms with Crippen LogP contribution >= 0.6 is 0 Å². The number of fused-ring (bicyclic) bond motifs is 12. The summed E-state index contributed by atoms with van der Waals surface area (Å²) >= 11 is 0. The first kappa shape index (κ1) is 72.6. The van der Waals surface area contributed by atoms with Crippen molar-refractivity contribution in [2.45, 2.75) is 0 Å². The van der Waals surface area contributed by atoms with E-state index >= 15 is 0 Å². The summed E-state index contributed by atoms with van der Waals surface area (Å²) in [6, 6.07) is 167. The molecule has 24 rings (SSSR count). The summed E-state index contributed by atoms with van der Waals surface area (Å²) in [6.45, 7) is 0. The fraction of sp³-hybridized carbons (Fsp3) is 0. The van der Waals surface area contributed by atoms with Crippen molar-refractivity contribution >= 4 is 87.2 Å². The van der Waals surface area contributed by atoms with Crippen molar-refractivity contribution in [3.05, 3.63) is 467 Å². The molecule has 0 aliphatic rings. The molecule has 0 unspecified atom stereocenters. The Bertz CT molecular complexity index is 7570. The number of nitrogens with zero attached hydrogens (tertiary/aromatic N) is 7. The van der Waals surface area contributed by atoms with Crippen LogP contribution in [0.3, 0.4) is 0 Å². The van der Waals surface area contributed by atoms with E-state index in [1.807, 2.05) is 30.3 Å². The molecule has 0 spiro atoms. The van der Waals surface area contributed by atoms with Crippen molar-refractivity contribution in [3.63, 3.8) is 0 Å². The Morgan fingerprint density at radius 2 is 0.419 bits per heavy atom. The van der Waals surface area contributed by atoms with Gasteiger partial charge in [0.2, 0.25) is 0 Å². The molecular formula is C117H77N7. The lowest BCUT2D eigenvalue weighted by atomic mass is 9.98. The lowest BCUT2D eigenvalue weighted by Gasteiger charge is -2.17. The maximum Gasteiger partial charge on any atom is 0.160 e. The molecule has 0 saturated heterocycles. The molecule has 0 N–H and O–H groups in total. The molecule has 6 aromatic heterocycles. The van der Waals surface area contributed by atoms with Crippen molar-refractivity contribution in [3.8, 4) is 135 Å². The molecule has 7 heteroatoms. The van der Waals surface area contributed by atoms with Crippen molar-refractivity contribution in [2.24, 2.45) is 0 Å². The van der Waals surface area contributed by atoms with E-state index in [9.17, 15) is 0 Å². The fourth-order valence-corrected chi connectivity index (χ4v) is 18.7. The highest BCUT2D eigenvalue weighted by Gasteiger charge is 2.25. The average Bonchev–Trinajstić information content (AvgIpc) is 1.57. The van der Waals surface area contributed by atoms with Gasteiger partial charge >= 0.3 is 0 Å². The number of para-hydroxylation sites is 10. The van der Waals surface area contributed by atoms with Gasteiger partial charge in [-0.05, 0) is 137 Å². The molecule has 7 nitrogen and oxygen atoms in total. The van der Waals surface area contributed by atoms with Crippen LogP contribution in [0.2, 0.25) is 0 Å². The summed E-state index contributed by atoms with van der Waals surface area (Å²) < 4.78 is 9.76. The third-order valence-electron chi connectivity index (χ3n) is 24.5. The predicted octanol–water partition coefficient (Wildman–Crippen LogP) is 30.6. The van der Waals surface area contributed by atoms with Gasteiger partial charge in [-0.1, -0.05) is 364 Å². The molecule has 0 saturated carbocycles. The van der Waals surface area contributed by atoms with E-state index in [4.69, 9.17) is 15.0 Å². The first-order valence-electron chi connectivity index (χ1n) is 42.3. The SMILES string of the molecule is c1ccc(-c2cc(-c3ccc(-c4ccc5c(c4)c4ccccc4n5-c4ccccc4-c4cccc5c6ccccc6n(-c6ccccc6)c45)cc3)nc(-c3ccccc3)n2)cc1.c1ccc(-c2cc(-c3ccccc3)nc(-c3ccc(-c4ccc5c(c4)c4ccccc4n5-c4ccccc4-c4cccc5c6ccccc6n(-c6ccccc6)c45)cc3)c2)cc1. The quantitative estimate of drug-likeness (QED) is 0.109. The minimum absolute atomic E-state index is 0.713. The number of hydrogen-bond donors (Lipinski definition) is 0. The summed E-state index contributed by atoms with van der Waals surface area (Å²) in [5, 5.41) is 9.85. The molecule has 0 aliphatic heterocycles. The Morgan fingerprint density at radius 3 is 0.831 bits per heavy atom. The molecular weight excluding hydrogens is 1500 g/mol. The summed E-state index contributed by atoms with van der Waals surface area (Å²) in [4.78, 5) is 15.2.